The zero-order chi connectivity index (χ0) is 14.8. The summed E-state index contributed by atoms with van der Waals surface area (Å²) in [5, 5.41) is 0. The van der Waals surface area contributed by atoms with Crippen molar-refractivity contribution in [2.45, 2.75) is 19.4 Å². The number of rotatable bonds is 1. The SMILES string of the molecule is Nc1ccc(C(=O)N2CCCc3ccccc3C2)cc1Br. The summed E-state index contributed by atoms with van der Waals surface area (Å²) < 4.78 is 0.767. The molecule has 0 bridgehead atoms. The fourth-order valence-corrected chi connectivity index (χ4v) is 3.10. The molecule has 0 spiro atoms. The highest BCUT2D eigenvalue weighted by atomic mass is 79.9. The molecule has 1 heterocycles. The molecule has 0 aliphatic carbocycles. The van der Waals surface area contributed by atoms with Crippen LogP contribution in [0, 0.1) is 0 Å². The van der Waals surface area contributed by atoms with Gasteiger partial charge in [-0.15, -0.1) is 0 Å². The molecule has 0 radical (unpaired) electrons. The Morgan fingerprint density at radius 2 is 1.90 bits per heavy atom. The molecule has 1 aliphatic heterocycles. The number of carbonyl (C=O) groups excluding carboxylic acids is 1. The number of hydrogen-bond acceptors (Lipinski definition) is 2. The molecule has 2 N–H and O–H groups in total. The molecule has 3 nitrogen and oxygen atoms in total. The van der Waals surface area contributed by atoms with Gasteiger partial charge in [-0.25, -0.2) is 0 Å². The lowest BCUT2D eigenvalue weighted by Crippen LogP contribution is -2.30. The molecule has 0 saturated carbocycles. The summed E-state index contributed by atoms with van der Waals surface area (Å²) in [6, 6.07) is 13.7. The van der Waals surface area contributed by atoms with E-state index in [4.69, 9.17) is 5.73 Å². The van der Waals surface area contributed by atoms with E-state index in [1.54, 1.807) is 18.2 Å². The molecule has 4 heteroatoms. The average molecular weight is 345 g/mol. The maximum atomic E-state index is 12.7. The van der Waals surface area contributed by atoms with Crippen molar-refractivity contribution in [3.8, 4) is 0 Å². The summed E-state index contributed by atoms with van der Waals surface area (Å²) in [6.45, 7) is 1.46. The fourth-order valence-electron chi connectivity index (χ4n) is 2.72. The topological polar surface area (TPSA) is 46.3 Å². The molecule has 0 saturated heterocycles. The van der Waals surface area contributed by atoms with Crippen molar-refractivity contribution < 1.29 is 4.79 Å². The summed E-state index contributed by atoms with van der Waals surface area (Å²) in [5.41, 5.74) is 9.71. The van der Waals surface area contributed by atoms with Crippen molar-refractivity contribution in [2.24, 2.45) is 0 Å². The minimum absolute atomic E-state index is 0.0624. The third-order valence-electron chi connectivity index (χ3n) is 3.89. The van der Waals surface area contributed by atoms with Crippen LogP contribution in [0.15, 0.2) is 46.9 Å². The van der Waals surface area contributed by atoms with E-state index in [-0.39, 0.29) is 5.91 Å². The highest BCUT2D eigenvalue weighted by Gasteiger charge is 2.20. The Bertz CT molecular complexity index is 684. The van der Waals surface area contributed by atoms with Crippen LogP contribution in [0.5, 0.6) is 0 Å². The summed E-state index contributed by atoms with van der Waals surface area (Å²) in [4.78, 5) is 14.6. The van der Waals surface area contributed by atoms with Gasteiger partial charge in [0, 0.05) is 28.8 Å². The van der Waals surface area contributed by atoms with Crippen molar-refractivity contribution in [2.75, 3.05) is 12.3 Å². The van der Waals surface area contributed by atoms with Gasteiger partial charge < -0.3 is 10.6 Å². The van der Waals surface area contributed by atoms with Crippen LogP contribution in [0.3, 0.4) is 0 Å². The number of nitrogen functional groups attached to an aromatic ring is 1. The Morgan fingerprint density at radius 1 is 1.14 bits per heavy atom. The van der Waals surface area contributed by atoms with E-state index in [2.05, 4.69) is 34.1 Å². The van der Waals surface area contributed by atoms with Gasteiger partial charge in [0.1, 0.15) is 0 Å². The number of hydrogen-bond donors (Lipinski definition) is 1. The average Bonchev–Trinajstić information content (AvgIpc) is 2.71. The lowest BCUT2D eigenvalue weighted by atomic mass is 10.0. The lowest BCUT2D eigenvalue weighted by Gasteiger charge is -2.21. The maximum Gasteiger partial charge on any atom is 0.254 e. The second-order valence-electron chi connectivity index (χ2n) is 5.34. The van der Waals surface area contributed by atoms with E-state index in [1.807, 2.05) is 11.0 Å². The molecule has 0 aromatic heterocycles. The van der Waals surface area contributed by atoms with Crippen LogP contribution in [0.1, 0.15) is 27.9 Å². The molecule has 2 aromatic rings. The summed E-state index contributed by atoms with van der Waals surface area (Å²) in [6.07, 6.45) is 2.03. The van der Waals surface area contributed by atoms with E-state index in [0.29, 0.717) is 17.8 Å². The van der Waals surface area contributed by atoms with Crippen LogP contribution in [0.4, 0.5) is 5.69 Å². The third kappa shape index (κ3) is 2.95. The van der Waals surface area contributed by atoms with Gasteiger partial charge in [0.05, 0.1) is 0 Å². The van der Waals surface area contributed by atoms with E-state index in [0.717, 1.165) is 23.9 Å². The van der Waals surface area contributed by atoms with Crippen LogP contribution in [0.25, 0.3) is 0 Å². The number of carbonyl (C=O) groups is 1. The van der Waals surface area contributed by atoms with Gasteiger partial charge in [0.25, 0.3) is 5.91 Å². The molecule has 1 amide bonds. The van der Waals surface area contributed by atoms with E-state index in [1.165, 1.54) is 11.1 Å². The monoisotopic (exact) mass is 344 g/mol. The lowest BCUT2D eigenvalue weighted by molar-refractivity contribution is 0.0746. The van der Waals surface area contributed by atoms with Crippen molar-refractivity contribution in [3.63, 3.8) is 0 Å². The van der Waals surface area contributed by atoms with Gasteiger partial charge >= 0.3 is 0 Å². The molecule has 1 aliphatic rings. The van der Waals surface area contributed by atoms with E-state index >= 15 is 0 Å². The number of amides is 1. The first-order chi connectivity index (χ1) is 10.1. The van der Waals surface area contributed by atoms with Gasteiger partial charge in [0.15, 0.2) is 0 Å². The van der Waals surface area contributed by atoms with Crippen molar-refractivity contribution in [1.82, 2.24) is 4.90 Å². The Kier molecular flexibility index (Phi) is 3.97. The molecular weight excluding hydrogens is 328 g/mol. The van der Waals surface area contributed by atoms with Crippen LogP contribution < -0.4 is 5.73 Å². The first kappa shape index (κ1) is 14.1. The summed E-state index contributed by atoms with van der Waals surface area (Å²) in [7, 11) is 0. The molecule has 0 fully saturated rings. The number of nitrogens with two attached hydrogens (primary N) is 1. The molecule has 108 valence electrons. The highest BCUT2D eigenvalue weighted by Crippen LogP contribution is 2.24. The van der Waals surface area contributed by atoms with E-state index in [9.17, 15) is 4.79 Å². The molecular formula is C17H17BrN2O. The summed E-state index contributed by atoms with van der Waals surface area (Å²) >= 11 is 3.38. The van der Waals surface area contributed by atoms with Crippen molar-refractivity contribution >= 4 is 27.5 Å². The third-order valence-corrected chi connectivity index (χ3v) is 4.58. The normalized spacial score (nSPS) is 14.4. The smallest absolute Gasteiger partial charge is 0.254 e. The quantitative estimate of drug-likeness (QED) is 0.803. The molecule has 21 heavy (non-hydrogen) atoms. The van der Waals surface area contributed by atoms with Gasteiger partial charge in [-0.1, -0.05) is 24.3 Å². The Morgan fingerprint density at radius 3 is 2.67 bits per heavy atom. The number of benzene rings is 2. The Labute approximate surface area is 132 Å². The predicted molar refractivity (Wildman–Crippen MR) is 88.1 cm³/mol. The fraction of sp³-hybridized carbons (Fsp3) is 0.235. The second-order valence-corrected chi connectivity index (χ2v) is 6.19. The number of halogens is 1. The van der Waals surface area contributed by atoms with Crippen LogP contribution >= 0.6 is 15.9 Å². The van der Waals surface area contributed by atoms with Crippen LogP contribution in [0.2, 0.25) is 0 Å². The van der Waals surface area contributed by atoms with Gasteiger partial charge in [0.2, 0.25) is 0 Å². The largest absolute Gasteiger partial charge is 0.398 e. The standard InChI is InChI=1S/C17H17BrN2O/c18-15-10-13(7-8-16(15)19)17(21)20-9-3-6-12-4-1-2-5-14(12)11-20/h1-2,4-5,7-8,10H,3,6,9,11,19H2. The van der Waals surface area contributed by atoms with Gasteiger partial charge in [-0.3, -0.25) is 4.79 Å². The van der Waals surface area contributed by atoms with Crippen LogP contribution in [-0.2, 0) is 13.0 Å². The molecule has 0 atom stereocenters. The van der Waals surface area contributed by atoms with Crippen LogP contribution in [-0.4, -0.2) is 17.4 Å². The minimum Gasteiger partial charge on any atom is -0.398 e. The molecule has 2 aromatic carbocycles. The van der Waals surface area contributed by atoms with Gasteiger partial charge in [-0.2, -0.15) is 0 Å². The number of fused-ring (bicyclic) bond motifs is 1. The number of anilines is 1. The predicted octanol–water partition coefficient (Wildman–Crippen LogP) is 3.62. The van der Waals surface area contributed by atoms with Crippen molar-refractivity contribution in [3.05, 3.63) is 63.6 Å². The Hall–Kier alpha value is -1.81. The highest BCUT2D eigenvalue weighted by molar-refractivity contribution is 9.10. The summed E-state index contributed by atoms with van der Waals surface area (Å²) in [5.74, 6) is 0.0624. The first-order valence-corrected chi connectivity index (χ1v) is 7.85. The number of aryl methyl sites for hydroxylation is 1. The van der Waals surface area contributed by atoms with E-state index < -0.39 is 0 Å². The number of nitrogens with zero attached hydrogens (tertiary/aromatic N) is 1. The second kappa shape index (κ2) is 5.90. The zero-order valence-corrected chi connectivity index (χ0v) is 13.3. The van der Waals surface area contributed by atoms with Crippen molar-refractivity contribution in [1.29, 1.82) is 0 Å². The van der Waals surface area contributed by atoms with Gasteiger partial charge in [-0.05, 0) is 58.1 Å². The Balaban J connectivity index is 1.86. The minimum atomic E-state index is 0.0624. The maximum absolute atomic E-state index is 12.7. The first-order valence-electron chi connectivity index (χ1n) is 7.06. The molecule has 3 rings (SSSR count). The zero-order valence-electron chi connectivity index (χ0n) is 11.7. The molecule has 0 unspecified atom stereocenters.